The van der Waals surface area contributed by atoms with Crippen LogP contribution in [0.5, 0.6) is 0 Å². The molecule has 4 nitrogen and oxygen atoms in total. The lowest BCUT2D eigenvalue weighted by molar-refractivity contribution is -0.126. The Morgan fingerprint density at radius 1 is 1.32 bits per heavy atom. The zero-order chi connectivity index (χ0) is 13.5. The van der Waals surface area contributed by atoms with Gasteiger partial charge in [0.25, 0.3) is 0 Å². The van der Waals surface area contributed by atoms with Crippen molar-refractivity contribution in [2.75, 3.05) is 0 Å². The minimum absolute atomic E-state index is 0.0771. The van der Waals surface area contributed by atoms with Gasteiger partial charge in [0.05, 0.1) is 5.54 Å². The van der Waals surface area contributed by atoms with Crippen LogP contribution in [0.4, 0.5) is 4.39 Å². The molecule has 0 aromatic heterocycles. The van der Waals surface area contributed by atoms with Crippen molar-refractivity contribution in [2.24, 2.45) is 0 Å². The molecule has 2 N–H and O–H groups in total. The molecule has 1 saturated heterocycles. The maximum absolute atomic E-state index is 12.9. The third kappa shape index (κ3) is 2.32. The highest BCUT2D eigenvalue weighted by atomic mass is 19.1. The number of halogens is 1. The topological polar surface area (TPSA) is 58.2 Å². The summed E-state index contributed by atoms with van der Waals surface area (Å²) < 4.78 is 12.9. The van der Waals surface area contributed by atoms with E-state index in [1.807, 2.05) is 0 Å². The van der Waals surface area contributed by atoms with Crippen molar-refractivity contribution in [2.45, 2.75) is 37.3 Å². The summed E-state index contributed by atoms with van der Waals surface area (Å²) in [5, 5.41) is 5.64. The molecule has 1 atom stereocenters. The van der Waals surface area contributed by atoms with Gasteiger partial charge in [0.1, 0.15) is 11.9 Å². The highest BCUT2D eigenvalue weighted by Gasteiger charge is 2.46. The van der Waals surface area contributed by atoms with E-state index in [9.17, 15) is 14.0 Å². The molecule has 100 valence electrons. The second-order valence-corrected chi connectivity index (χ2v) is 5.24. The van der Waals surface area contributed by atoms with Gasteiger partial charge in [0.15, 0.2) is 0 Å². The van der Waals surface area contributed by atoms with Gasteiger partial charge in [-0.2, -0.15) is 0 Å². The number of carbonyl (C=O) groups is 2. The summed E-state index contributed by atoms with van der Waals surface area (Å²) in [4.78, 5) is 23.2. The molecular formula is C14H15FN2O2. The Bertz CT molecular complexity index is 523. The van der Waals surface area contributed by atoms with E-state index in [1.165, 1.54) is 12.1 Å². The van der Waals surface area contributed by atoms with Crippen LogP contribution in [0.15, 0.2) is 24.3 Å². The summed E-state index contributed by atoms with van der Waals surface area (Å²) in [5.41, 5.74) is 0.560. The lowest BCUT2D eigenvalue weighted by Crippen LogP contribution is -2.46. The molecule has 1 saturated carbocycles. The third-order valence-corrected chi connectivity index (χ3v) is 3.82. The molecule has 1 unspecified atom stereocenters. The maximum atomic E-state index is 12.9. The lowest BCUT2D eigenvalue weighted by atomic mass is 10.0. The number of amides is 2. The Morgan fingerprint density at radius 2 is 2.00 bits per heavy atom. The summed E-state index contributed by atoms with van der Waals surface area (Å²) in [6, 6.07) is 5.79. The van der Waals surface area contributed by atoms with Gasteiger partial charge >= 0.3 is 0 Å². The molecule has 1 heterocycles. The first kappa shape index (κ1) is 12.1. The minimum Gasteiger partial charge on any atom is -0.345 e. The second kappa shape index (κ2) is 4.33. The molecule has 3 rings (SSSR count). The molecule has 1 aromatic rings. The Labute approximate surface area is 110 Å². The van der Waals surface area contributed by atoms with E-state index in [0.717, 1.165) is 18.4 Å². The van der Waals surface area contributed by atoms with Crippen LogP contribution < -0.4 is 10.6 Å². The van der Waals surface area contributed by atoms with Gasteiger partial charge in [0.2, 0.25) is 11.8 Å². The number of benzene rings is 1. The van der Waals surface area contributed by atoms with Gasteiger partial charge in [-0.25, -0.2) is 4.39 Å². The van der Waals surface area contributed by atoms with Crippen LogP contribution in [-0.2, 0) is 15.1 Å². The van der Waals surface area contributed by atoms with Gasteiger partial charge in [-0.3, -0.25) is 9.59 Å². The van der Waals surface area contributed by atoms with E-state index in [1.54, 1.807) is 12.1 Å². The smallest absolute Gasteiger partial charge is 0.243 e. The normalized spacial score (nSPS) is 23.8. The third-order valence-electron chi connectivity index (χ3n) is 3.82. The Balaban J connectivity index is 1.70. The van der Waals surface area contributed by atoms with Gasteiger partial charge in [0, 0.05) is 6.42 Å². The molecule has 2 aliphatic rings. The highest BCUT2D eigenvalue weighted by molar-refractivity contribution is 5.91. The van der Waals surface area contributed by atoms with Crippen LogP contribution in [0.1, 0.15) is 31.2 Å². The first-order chi connectivity index (χ1) is 9.09. The van der Waals surface area contributed by atoms with Crippen LogP contribution in [0.25, 0.3) is 0 Å². The summed E-state index contributed by atoms with van der Waals surface area (Å²) in [7, 11) is 0. The summed E-state index contributed by atoms with van der Waals surface area (Å²) in [5.74, 6) is -0.506. The first-order valence-electron chi connectivity index (χ1n) is 6.46. The van der Waals surface area contributed by atoms with Crippen LogP contribution in [0.3, 0.4) is 0 Å². The zero-order valence-electron chi connectivity index (χ0n) is 10.4. The predicted octanol–water partition coefficient (Wildman–Crippen LogP) is 1.21. The summed E-state index contributed by atoms with van der Waals surface area (Å²) in [6.07, 6.45) is 2.65. The van der Waals surface area contributed by atoms with Crippen molar-refractivity contribution in [3.8, 4) is 0 Å². The van der Waals surface area contributed by atoms with E-state index >= 15 is 0 Å². The van der Waals surface area contributed by atoms with Gasteiger partial charge < -0.3 is 10.6 Å². The Morgan fingerprint density at radius 3 is 2.53 bits per heavy atom. The number of hydrogen-bond donors (Lipinski definition) is 2. The molecule has 1 aliphatic heterocycles. The standard InChI is InChI=1S/C14H15FN2O2/c15-10-3-1-9(2-4-10)14(7-8-14)17-13(19)11-5-6-12(18)16-11/h1-4,11H,5-8H2,(H,16,18)(H,17,19). The molecular weight excluding hydrogens is 247 g/mol. The number of nitrogens with one attached hydrogen (secondary N) is 2. The molecule has 19 heavy (non-hydrogen) atoms. The molecule has 2 amide bonds. The van der Waals surface area contributed by atoms with Crippen LogP contribution >= 0.6 is 0 Å². The average Bonchev–Trinajstić information content (AvgIpc) is 3.03. The fourth-order valence-corrected chi connectivity index (χ4v) is 2.51. The van der Waals surface area contributed by atoms with E-state index in [0.29, 0.717) is 12.8 Å². The van der Waals surface area contributed by atoms with E-state index in [2.05, 4.69) is 10.6 Å². The van der Waals surface area contributed by atoms with Crippen molar-refractivity contribution < 1.29 is 14.0 Å². The number of hydrogen-bond acceptors (Lipinski definition) is 2. The summed E-state index contributed by atoms with van der Waals surface area (Å²) >= 11 is 0. The fourth-order valence-electron chi connectivity index (χ4n) is 2.51. The molecule has 2 fully saturated rings. The first-order valence-corrected chi connectivity index (χ1v) is 6.46. The second-order valence-electron chi connectivity index (χ2n) is 5.24. The van der Waals surface area contributed by atoms with Crippen molar-refractivity contribution in [3.63, 3.8) is 0 Å². The van der Waals surface area contributed by atoms with E-state index in [-0.39, 0.29) is 23.2 Å². The lowest BCUT2D eigenvalue weighted by Gasteiger charge is -2.20. The number of rotatable bonds is 3. The molecule has 0 radical (unpaired) electrons. The van der Waals surface area contributed by atoms with Gasteiger partial charge in [-0.05, 0) is 37.0 Å². The van der Waals surface area contributed by atoms with E-state index in [4.69, 9.17) is 0 Å². The van der Waals surface area contributed by atoms with Crippen LogP contribution in [-0.4, -0.2) is 17.9 Å². The monoisotopic (exact) mass is 262 g/mol. The average molecular weight is 262 g/mol. The fraction of sp³-hybridized carbons (Fsp3) is 0.429. The summed E-state index contributed by atoms with van der Waals surface area (Å²) in [6.45, 7) is 0. The maximum Gasteiger partial charge on any atom is 0.243 e. The van der Waals surface area contributed by atoms with Crippen molar-refractivity contribution in [1.82, 2.24) is 10.6 Å². The van der Waals surface area contributed by atoms with E-state index < -0.39 is 6.04 Å². The number of carbonyl (C=O) groups excluding carboxylic acids is 2. The predicted molar refractivity (Wildman–Crippen MR) is 66.6 cm³/mol. The molecule has 5 heteroatoms. The highest BCUT2D eigenvalue weighted by Crippen LogP contribution is 2.45. The van der Waals surface area contributed by atoms with Crippen molar-refractivity contribution in [3.05, 3.63) is 35.6 Å². The largest absolute Gasteiger partial charge is 0.345 e. The molecule has 0 spiro atoms. The molecule has 0 bridgehead atoms. The zero-order valence-corrected chi connectivity index (χ0v) is 10.4. The van der Waals surface area contributed by atoms with Crippen molar-refractivity contribution >= 4 is 11.8 Å². The molecule has 1 aromatic carbocycles. The molecule has 1 aliphatic carbocycles. The van der Waals surface area contributed by atoms with Crippen molar-refractivity contribution in [1.29, 1.82) is 0 Å². The van der Waals surface area contributed by atoms with Gasteiger partial charge in [-0.15, -0.1) is 0 Å². The van der Waals surface area contributed by atoms with Crippen LogP contribution in [0, 0.1) is 5.82 Å². The SMILES string of the molecule is O=C1CCC(C(=O)NC2(c3ccc(F)cc3)CC2)N1. The minimum atomic E-state index is -0.426. The Kier molecular flexibility index (Phi) is 2.77. The quantitative estimate of drug-likeness (QED) is 0.860. The van der Waals surface area contributed by atoms with Crippen LogP contribution in [0.2, 0.25) is 0 Å². The van der Waals surface area contributed by atoms with Gasteiger partial charge in [-0.1, -0.05) is 12.1 Å². The Hall–Kier alpha value is -1.91.